The minimum Gasteiger partial charge on any atom is -0.358 e. The third-order valence-corrected chi connectivity index (χ3v) is 4.17. The molecule has 0 spiro atoms. The molecular weight excluding hydrogens is 340 g/mol. The van der Waals surface area contributed by atoms with E-state index >= 15 is 0 Å². The number of carbonyl (C=O) groups is 1. The maximum atomic E-state index is 11.9. The van der Waals surface area contributed by atoms with Crippen LogP contribution in [0.5, 0.6) is 0 Å². The van der Waals surface area contributed by atoms with Gasteiger partial charge in [-0.1, -0.05) is 6.07 Å². The van der Waals surface area contributed by atoms with Crippen LogP contribution >= 0.6 is 15.9 Å². The molecule has 1 aliphatic heterocycles. The Kier molecular flexibility index (Phi) is 5.27. The van der Waals surface area contributed by atoms with Gasteiger partial charge in [0.15, 0.2) is 0 Å². The third-order valence-electron chi connectivity index (χ3n) is 3.50. The average Bonchev–Trinajstić information content (AvgIpc) is 2.48. The summed E-state index contributed by atoms with van der Waals surface area (Å²) in [7, 11) is 1.61. The molecule has 7 nitrogen and oxygen atoms in total. The van der Waals surface area contributed by atoms with Crippen LogP contribution in [0.3, 0.4) is 0 Å². The number of amides is 1. The molecule has 1 atom stereocenters. The first-order chi connectivity index (χ1) is 10.0. The molecule has 1 aromatic carbocycles. The Balaban J connectivity index is 2.17. The highest BCUT2D eigenvalue weighted by Gasteiger charge is 2.28. The lowest BCUT2D eigenvalue weighted by molar-refractivity contribution is -0.385. The van der Waals surface area contributed by atoms with E-state index in [1.807, 2.05) is 11.0 Å². The molecule has 1 saturated heterocycles. The summed E-state index contributed by atoms with van der Waals surface area (Å²) in [5.74, 6) is -0.0474. The van der Waals surface area contributed by atoms with Crippen LogP contribution in [0.4, 0.5) is 5.69 Å². The van der Waals surface area contributed by atoms with Gasteiger partial charge in [0, 0.05) is 39.3 Å². The summed E-state index contributed by atoms with van der Waals surface area (Å²) in [6.07, 6.45) is 0. The molecule has 0 radical (unpaired) electrons. The molecule has 1 amide bonds. The average molecular weight is 357 g/mol. The number of nitrogens with zero attached hydrogens (tertiary/aromatic N) is 2. The number of nitrogens with one attached hydrogen (secondary N) is 2. The monoisotopic (exact) mass is 356 g/mol. The van der Waals surface area contributed by atoms with Crippen molar-refractivity contribution in [3.63, 3.8) is 0 Å². The highest BCUT2D eigenvalue weighted by Crippen LogP contribution is 2.26. The summed E-state index contributed by atoms with van der Waals surface area (Å²) in [6.45, 7) is 2.61. The van der Waals surface area contributed by atoms with Gasteiger partial charge in [0.25, 0.3) is 5.69 Å². The lowest BCUT2D eigenvalue weighted by Gasteiger charge is -2.34. The zero-order valence-corrected chi connectivity index (χ0v) is 13.2. The largest absolute Gasteiger partial charge is 0.358 e. The van der Waals surface area contributed by atoms with Gasteiger partial charge < -0.3 is 10.6 Å². The van der Waals surface area contributed by atoms with Crippen molar-refractivity contribution in [1.82, 2.24) is 15.5 Å². The Bertz CT molecular complexity index is 552. The van der Waals surface area contributed by atoms with Gasteiger partial charge in [0.1, 0.15) is 6.04 Å². The van der Waals surface area contributed by atoms with Gasteiger partial charge in [0.2, 0.25) is 5.91 Å². The summed E-state index contributed by atoms with van der Waals surface area (Å²) < 4.78 is 0.458. The third kappa shape index (κ3) is 3.78. The first-order valence-corrected chi connectivity index (χ1v) is 7.41. The zero-order chi connectivity index (χ0) is 15.4. The van der Waals surface area contributed by atoms with Crippen molar-refractivity contribution in [2.24, 2.45) is 0 Å². The number of piperazine rings is 1. The van der Waals surface area contributed by atoms with Crippen molar-refractivity contribution < 1.29 is 9.72 Å². The van der Waals surface area contributed by atoms with Crippen LogP contribution in [0, 0.1) is 10.1 Å². The van der Waals surface area contributed by atoms with E-state index in [-0.39, 0.29) is 17.6 Å². The van der Waals surface area contributed by atoms with Gasteiger partial charge in [-0.2, -0.15) is 0 Å². The van der Waals surface area contributed by atoms with Crippen molar-refractivity contribution in [2.75, 3.05) is 26.7 Å². The molecule has 1 aromatic rings. The van der Waals surface area contributed by atoms with Crippen LogP contribution < -0.4 is 10.6 Å². The predicted octanol–water partition coefficient (Wildman–Crippen LogP) is 0.877. The maximum Gasteiger partial charge on any atom is 0.283 e. The van der Waals surface area contributed by atoms with Crippen LogP contribution in [0.15, 0.2) is 22.7 Å². The lowest BCUT2D eigenvalue weighted by Crippen LogP contribution is -2.56. The standard InChI is InChI=1S/C13H17BrN4O3/c1-15-13(19)12-7-16-4-5-17(12)8-9-2-3-10(14)11(6-9)18(20)21/h2-3,6,12,16H,4-5,7-8H2,1H3,(H,15,19). The number of carbonyl (C=O) groups excluding carboxylic acids is 1. The highest BCUT2D eigenvalue weighted by atomic mass is 79.9. The van der Waals surface area contributed by atoms with Crippen LogP contribution in [0.1, 0.15) is 5.56 Å². The lowest BCUT2D eigenvalue weighted by atomic mass is 10.1. The number of rotatable bonds is 4. The molecule has 1 aliphatic rings. The normalized spacial score (nSPS) is 19.2. The number of nitro benzene ring substituents is 1. The van der Waals surface area contributed by atoms with Gasteiger partial charge in [0.05, 0.1) is 9.40 Å². The van der Waals surface area contributed by atoms with Gasteiger partial charge in [-0.05, 0) is 27.6 Å². The highest BCUT2D eigenvalue weighted by molar-refractivity contribution is 9.10. The maximum absolute atomic E-state index is 11.9. The van der Waals surface area contributed by atoms with Crippen LogP contribution in [0.25, 0.3) is 0 Å². The van der Waals surface area contributed by atoms with E-state index in [0.29, 0.717) is 17.6 Å². The number of halogens is 1. The minimum atomic E-state index is -0.415. The van der Waals surface area contributed by atoms with Crippen LogP contribution in [0.2, 0.25) is 0 Å². The molecular formula is C13H17BrN4O3. The van der Waals surface area contributed by atoms with Gasteiger partial charge in [-0.15, -0.1) is 0 Å². The Morgan fingerprint density at radius 1 is 1.62 bits per heavy atom. The van der Waals surface area contributed by atoms with Crippen molar-refractivity contribution in [3.8, 4) is 0 Å². The van der Waals surface area contributed by atoms with E-state index in [2.05, 4.69) is 26.6 Å². The molecule has 21 heavy (non-hydrogen) atoms. The Hall–Kier alpha value is -1.51. The minimum absolute atomic E-state index is 0.0409. The Labute approximate surface area is 131 Å². The van der Waals surface area contributed by atoms with Crippen LogP contribution in [-0.2, 0) is 11.3 Å². The Morgan fingerprint density at radius 3 is 3.05 bits per heavy atom. The molecule has 1 heterocycles. The Morgan fingerprint density at radius 2 is 2.38 bits per heavy atom. The van der Waals surface area contributed by atoms with Gasteiger partial charge in [-0.3, -0.25) is 19.8 Å². The summed E-state index contributed by atoms with van der Waals surface area (Å²) in [4.78, 5) is 24.5. The van der Waals surface area contributed by atoms with Gasteiger partial charge in [-0.25, -0.2) is 0 Å². The molecule has 114 valence electrons. The van der Waals surface area contributed by atoms with Crippen molar-refractivity contribution in [2.45, 2.75) is 12.6 Å². The fourth-order valence-corrected chi connectivity index (χ4v) is 2.78. The second kappa shape index (κ2) is 6.97. The SMILES string of the molecule is CNC(=O)C1CNCCN1Cc1ccc(Br)c([N+](=O)[O-])c1. The summed E-state index contributed by atoms with van der Waals surface area (Å²) in [6, 6.07) is 4.80. The van der Waals surface area contributed by atoms with E-state index in [0.717, 1.165) is 18.7 Å². The van der Waals surface area contributed by atoms with Crippen molar-refractivity contribution in [1.29, 1.82) is 0 Å². The summed E-state index contributed by atoms with van der Waals surface area (Å²) in [5.41, 5.74) is 0.861. The number of nitro groups is 1. The fourth-order valence-electron chi connectivity index (χ4n) is 2.39. The van der Waals surface area contributed by atoms with E-state index in [1.54, 1.807) is 19.2 Å². The van der Waals surface area contributed by atoms with Crippen LogP contribution in [-0.4, -0.2) is 48.5 Å². The molecule has 8 heteroatoms. The first-order valence-electron chi connectivity index (χ1n) is 6.62. The molecule has 1 fully saturated rings. The van der Waals surface area contributed by atoms with E-state index in [1.165, 1.54) is 0 Å². The smallest absolute Gasteiger partial charge is 0.283 e. The second-order valence-electron chi connectivity index (χ2n) is 4.85. The van der Waals surface area contributed by atoms with Crippen molar-refractivity contribution in [3.05, 3.63) is 38.3 Å². The molecule has 0 aliphatic carbocycles. The molecule has 0 saturated carbocycles. The number of likely N-dealkylation sites (N-methyl/N-ethyl adjacent to an activating group) is 1. The molecule has 0 bridgehead atoms. The van der Waals surface area contributed by atoms with E-state index < -0.39 is 4.92 Å². The molecule has 1 unspecified atom stereocenters. The quantitative estimate of drug-likeness (QED) is 0.617. The van der Waals surface area contributed by atoms with Gasteiger partial charge >= 0.3 is 0 Å². The van der Waals surface area contributed by atoms with Crippen molar-refractivity contribution >= 4 is 27.5 Å². The topological polar surface area (TPSA) is 87.5 Å². The number of hydrogen-bond donors (Lipinski definition) is 2. The zero-order valence-electron chi connectivity index (χ0n) is 11.6. The second-order valence-corrected chi connectivity index (χ2v) is 5.70. The number of benzene rings is 1. The summed E-state index contributed by atoms with van der Waals surface area (Å²) >= 11 is 3.17. The number of hydrogen-bond acceptors (Lipinski definition) is 5. The van der Waals surface area contributed by atoms with E-state index in [9.17, 15) is 14.9 Å². The molecule has 2 N–H and O–H groups in total. The van der Waals surface area contributed by atoms with E-state index in [4.69, 9.17) is 0 Å². The molecule has 0 aromatic heterocycles. The first kappa shape index (κ1) is 15.9. The molecule has 2 rings (SSSR count). The predicted molar refractivity (Wildman–Crippen MR) is 81.9 cm³/mol. The fraction of sp³-hybridized carbons (Fsp3) is 0.462. The summed E-state index contributed by atoms with van der Waals surface area (Å²) in [5, 5.41) is 16.8.